The number of fused-ring (bicyclic) bond motifs is 6. The molecule has 0 saturated heterocycles. The summed E-state index contributed by atoms with van der Waals surface area (Å²) in [6.07, 6.45) is 1.90. The van der Waals surface area contributed by atoms with Crippen LogP contribution >= 0.6 is 0 Å². The van der Waals surface area contributed by atoms with Crippen molar-refractivity contribution in [3.8, 4) is 0 Å². The third-order valence-electron chi connectivity index (χ3n) is 4.68. The van der Waals surface area contributed by atoms with Crippen molar-refractivity contribution in [3.05, 3.63) is 57.6 Å². The molecule has 0 N–H and O–H groups in total. The Morgan fingerprint density at radius 1 is 0.783 bits per heavy atom. The molecule has 0 aromatic heterocycles. The number of benzene rings is 2. The number of hydrogen-bond acceptors (Lipinski definition) is 4. The van der Waals surface area contributed by atoms with Gasteiger partial charge in [-0.15, -0.1) is 0 Å². The first-order valence-corrected chi connectivity index (χ1v) is 7.78. The van der Waals surface area contributed by atoms with Gasteiger partial charge in [0, 0.05) is 24.2 Å². The minimum Gasteiger partial charge on any atom is -0.349 e. The smallest absolute Gasteiger partial charge is 0.152 e. The average molecular weight is 306 g/mol. The van der Waals surface area contributed by atoms with Crippen molar-refractivity contribution < 1.29 is 9.59 Å². The van der Waals surface area contributed by atoms with Gasteiger partial charge in [-0.2, -0.15) is 0 Å². The van der Waals surface area contributed by atoms with Crippen LogP contribution in [0.2, 0.25) is 0 Å². The predicted molar refractivity (Wildman–Crippen MR) is 90.4 cm³/mol. The van der Waals surface area contributed by atoms with E-state index in [2.05, 4.69) is 21.9 Å². The Bertz CT molecular complexity index is 772. The summed E-state index contributed by atoms with van der Waals surface area (Å²) < 4.78 is 0. The van der Waals surface area contributed by atoms with Crippen molar-refractivity contribution in [2.45, 2.75) is 26.9 Å². The van der Waals surface area contributed by atoms with Gasteiger partial charge < -0.3 is 9.80 Å². The second kappa shape index (κ2) is 4.95. The van der Waals surface area contributed by atoms with Crippen LogP contribution in [0.3, 0.4) is 0 Å². The first-order valence-electron chi connectivity index (χ1n) is 7.78. The van der Waals surface area contributed by atoms with Crippen LogP contribution in [0.1, 0.15) is 43.0 Å². The molecule has 4 nitrogen and oxygen atoms in total. The van der Waals surface area contributed by atoms with E-state index in [-0.39, 0.29) is 0 Å². The van der Waals surface area contributed by atoms with Crippen LogP contribution in [0.5, 0.6) is 0 Å². The second-order valence-corrected chi connectivity index (χ2v) is 6.50. The third-order valence-corrected chi connectivity index (χ3v) is 4.68. The topological polar surface area (TPSA) is 40.6 Å². The number of rotatable bonds is 2. The van der Waals surface area contributed by atoms with Gasteiger partial charge in [-0.3, -0.25) is 9.59 Å². The van der Waals surface area contributed by atoms with Gasteiger partial charge in [-0.1, -0.05) is 12.1 Å². The molecular formula is C19H18N2O2. The first kappa shape index (κ1) is 14.0. The van der Waals surface area contributed by atoms with Crippen LogP contribution in [-0.4, -0.2) is 19.2 Å². The lowest BCUT2D eigenvalue weighted by molar-refractivity contribution is 0.111. The minimum absolute atomic E-state index is 0.716. The molecule has 0 unspecified atom stereocenters. The highest BCUT2D eigenvalue weighted by Gasteiger charge is 2.32. The number of carbonyl (C=O) groups is 2. The standard InChI is InChI=1S/C19H18N2O2/c1-12-3-14-7-20-11-21(18(14)16(5-12)9-22)8-15-4-13(2)6-17(10-23)19(15)20/h3-6,9-10H,7-8,11H2,1-2H3. The van der Waals surface area contributed by atoms with Crippen molar-refractivity contribution in [1.82, 2.24) is 0 Å². The monoisotopic (exact) mass is 306 g/mol. The van der Waals surface area contributed by atoms with Crippen molar-refractivity contribution in [3.63, 3.8) is 0 Å². The number of nitrogens with zero attached hydrogens (tertiary/aromatic N) is 2. The third kappa shape index (κ3) is 2.05. The lowest BCUT2D eigenvalue weighted by Gasteiger charge is -2.46. The van der Waals surface area contributed by atoms with Crippen LogP contribution in [0.15, 0.2) is 24.3 Å². The SMILES string of the molecule is Cc1cc(C=O)c2c(c1)CN1CN2Cc2cc(C)cc(C=O)c21. The fourth-order valence-corrected chi connectivity index (χ4v) is 3.98. The van der Waals surface area contributed by atoms with E-state index >= 15 is 0 Å². The molecule has 0 aliphatic carbocycles. The number of aryl methyl sites for hydroxylation is 2. The number of hydrogen-bond donors (Lipinski definition) is 0. The quantitative estimate of drug-likeness (QED) is 0.799. The number of carbonyl (C=O) groups excluding carboxylic acids is 2. The highest BCUT2D eigenvalue weighted by molar-refractivity contribution is 5.91. The van der Waals surface area contributed by atoms with E-state index in [1.54, 1.807) is 0 Å². The molecule has 0 radical (unpaired) electrons. The molecule has 2 heterocycles. The fraction of sp³-hybridized carbons (Fsp3) is 0.263. The van der Waals surface area contributed by atoms with Crippen LogP contribution in [0.4, 0.5) is 11.4 Å². The maximum Gasteiger partial charge on any atom is 0.152 e. The summed E-state index contributed by atoms with van der Waals surface area (Å²) in [6.45, 7) is 6.19. The van der Waals surface area contributed by atoms with Gasteiger partial charge in [0.05, 0.1) is 18.0 Å². The molecule has 116 valence electrons. The zero-order chi connectivity index (χ0) is 16.1. The predicted octanol–water partition coefficient (Wildman–Crippen LogP) is 3.23. The summed E-state index contributed by atoms with van der Waals surface area (Å²) in [6, 6.07) is 8.18. The largest absolute Gasteiger partial charge is 0.349 e. The molecule has 4 rings (SSSR count). The Labute approximate surface area is 135 Å². The lowest BCUT2D eigenvalue weighted by atomic mass is 9.94. The van der Waals surface area contributed by atoms with Crippen LogP contribution in [-0.2, 0) is 13.1 Å². The summed E-state index contributed by atoms with van der Waals surface area (Å²) in [5, 5.41) is 0. The van der Waals surface area contributed by atoms with E-state index < -0.39 is 0 Å². The Morgan fingerprint density at radius 3 is 1.61 bits per heavy atom. The van der Waals surface area contributed by atoms with Crippen molar-refractivity contribution >= 4 is 23.9 Å². The minimum atomic E-state index is 0.716. The maximum absolute atomic E-state index is 11.5. The van der Waals surface area contributed by atoms with E-state index in [1.165, 1.54) is 0 Å². The molecule has 4 heteroatoms. The van der Waals surface area contributed by atoms with E-state index in [4.69, 9.17) is 0 Å². The van der Waals surface area contributed by atoms with Gasteiger partial charge in [0.1, 0.15) is 0 Å². The lowest BCUT2D eigenvalue weighted by Crippen LogP contribution is -2.47. The Hall–Kier alpha value is -2.62. The molecule has 2 bridgehead atoms. The molecule has 2 aromatic rings. The Kier molecular flexibility index (Phi) is 3.01. The molecule has 2 aromatic carbocycles. The van der Waals surface area contributed by atoms with Gasteiger partial charge in [0.15, 0.2) is 12.6 Å². The highest BCUT2D eigenvalue weighted by Crippen LogP contribution is 2.41. The molecular weight excluding hydrogens is 288 g/mol. The van der Waals surface area contributed by atoms with Crippen molar-refractivity contribution in [2.75, 3.05) is 16.5 Å². The maximum atomic E-state index is 11.5. The van der Waals surface area contributed by atoms with Gasteiger partial charge in [-0.25, -0.2) is 0 Å². The second-order valence-electron chi connectivity index (χ2n) is 6.50. The normalized spacial score (nSPS) is 15.0. The molecule has 0 amide bonds. The van der Waals surface area contributed by atoms with E-state index in [0.29, 0.717) is 6.67 Å². The van der Waals surface area contributed by atoms with Gasteiger partial charge in [0.25, 0.3) is 0 Å². The fourth-order valence-electron chi connectivity index (χ4n) is 3.98. The zero-order valence-corrected chi connectivity index (χ0v) is 13.3. The van der Waals surface area contributed by atoms with Crippen LogP contribution < -0.4 is 9.80 Å². The van der Waals surface area contributed by atoms with Crippen LogP contribution in [0, 0.1) is 13.8 Å². The van der Waals surface area contributed by atoms with E-state index in [1.807, 2.05) is 26.0 Å². The average Bonchev–Trinajstić information content (AvgIpc) is 2.52. The summed E-state index contributed by atoms with van der Waals surface area (Å²) in [4.78, 5) is 27.5. The molecule has 2 aliphatic heterocycles. The van der Waals surface area contributed by atoms with Gasteiger partial charge >= 0.3 is 0 Å². The van der Waals surface area contributed by atoms with E-state index in [9.17, 15) is 9.59 Å². The molecule has 23 heavy (non-hydrogen) atoms. The number of aldehydes is 2. The molecule has 0 atom stereocenters. The Morgan fingerprint density at radius 2 is 1.22 bits per heavy atom. The Balaban J connectivity index is 1.90. The summed E-state index contributed by atoms with van der Waals surface area (Å²) in [5.41, 5.74) is 8.09. The summed E-state index contributed by atoms with van der Waals surface area (Å²) in [5.74, 6) is 0. The van der Waals surface area contributed by atoms with E-state index in [0.717, 1.165) is 70.4 Å². The van der Waals surface area contributed by atoms with Crippen molar-refractivity contribution in [1.29, 1.82) is 0 Å². The molecule has 2 aliphatic rings. The van der Waals surface area contributed by atoms with Crippen molar-refractivity contribution in [2.24, 2.45) is 0 Å². The van der Waals surface area contributed by atoms with Crippen LogP contribution in [0.25, 0.3) is 0 Å². The zero-order valence-electron chi connectivity index (χ0n) is 13.3. The highest BCUT2D eigenvalue weighted by atomic mass is 16.1. The number of anilines is 2. The van der Waals surface area contributed by atoms with Gasteiger partial charge in [0.2, 0.25) is 0 Å². The summed E-state index contributed by atoms with van der Waals surface area (Å²) in [7, 11) is 0. The molecule has 0 spiro atoms. The molecule has 0 saturated carbocycles. The molecule has 0 fully saturated rings. The van der Waals surface area contributed by atoms with Gasteiger partial charge in [-0.05, 0) is 48.2 Å². The summed E-state index contributed by atoms with van der Waals surface area (Å²) >= 11 is 0. The first-order chi connectivity index (χ1) is 11.1.